The molecule has 2 aromatic carbocycles. The summed E-state index contributed by atoms with van der Waals surface area (Å²) in [6.07, 6.45) is 1.84. The second kappa shape index (κ2) is 7.80. The number of carbonyl (C=O) groups excluding carboxylic acids is 1. The van der Waals surface area contributed by atoms with Crippen LogP contribution in [0.2, 0.25) is 0 Å². The molecule has 5 heteroatoms. The molecule has 1 unspecified atom stereocenters. The molecule has 1 N–H and O–H groups in total. The van der Waals surface area contributed by atoms with Crippen LogP contribution in [0.1, 0.15) is 36.3 Å². The molecule has 1 aliphatic heterocycles. The minimum Gasteiger partial charge on any atom is -0.367 e. The molecule has 0 saturated carbocycles. The van der Waals surface area contributed by atoms with Crippen molar-refractivity contribution in [2.24, 2.45) is 0 Å². The van der Waals surface area contributed by atoms with Crippen LogP contribution in [-0.2, 0) is 6.42 Å². The van der Waals surface area contributed by atoms with Gasteiger partial charge in [-0.3, -0.25) is 4.79 Å². The van der Waals surface area contributed by atoms with Gasteiger partial charge in [0.25, 0.3) is 5.91 Å². The Hall–Kier alpha value is -3.21. The summed E-state index contributed by atoms with van der Waals surface area (Å²) in [6, 6.07) is 19.9. The summed E-state index contributed by atoms with van der Waals surface area (Å²) < 4.78 is 0. The van der Waals surface area contributed by atoms with Gasteiger partial charge in [0.05, 0.1) is 0 Å². The third-order valence-electron chi connectivity index (χ3n) is 5.12. The molecule has 3 aromatic rings. The summed E-state index contributed by atoms with van der Waals surface area (Å²) >= 11 is 0. The fourth-order valence-electron chi connectivity index (χ4n) is 3.39. The highest BCUT2D eigenvalue weighted by molar-refractivity contribution is 6.06. The van der Waals surface area contributed by atoms with Crippen LogP contribution < -0.4 is 10.2 Å². The molecule has 1 aromatic heterocycles. The highest BCUT2D eigenvalue weighted by atomic mass is 16.2. The van der Waals surface area contributed by atoms with Crippen LogP contribution in [0.15, 0.2) is 60.7 Å². The van der Waals surface area contributed by atoms with E-state index in [2.05, 4.69) is 35.2 Å². The summed E-state index contributed by atoms with van der Waals surface area (Å²) in [5.74, 6) is 1.15. The van der Waals surface area contributed by atoms with Crippen molar-refractivity contribution in [3.63, 3.8) is 0 Å². The molecule has 0 aliphatic carbocycles. The lowest BCUT2D eigenvalue weighted by Gasteiger charge is -2.19. The minimum atomic E-state index is -0.0864. The number of anilines is 2. The number of hydrogen-bond donors (Lipinski definition) is 1. The van der Waals surface area contributed by atoms with E-state index in [4.69, 9.17) is 0 Å². The average molecular weight is 372 g/mol. The van der Waals surface area contributed by atoms with Gasteiger partial charge >= 0.3 is 0 Å². The van der Waals surface area contributed by atoms with Crippen LogP contribution in [0, 0.1) is 0 Å². The van der Waals surface area contributed by atoms with E-state index in [9.17, 15) is 4.79 Å². The summed E-state index contributed by atoms with van der Waals surface area (Å²) in [6.45, 7) is 4.89. The lowest BCUT2D eigenvalue weighted by Crippen LogP contribution is -2.30. The van der Waals surface area contributed by atoms with Gasteiger partial charge in [0.2, 0.25) is 0 Å². The number of nitrogens with zero attached hydrogens (tertiary/aromatic N) is 3. The van der Waals surface area contributed by atoms with Gasteiger partial charge in [-0.05, 0) is 31.4 Å². The third-order valence-corrected chi connectivity index (χ3v) is 5.12. The lowest BCUT2D eigenvalue weighted by molar-refractivity contribution is 0.0984. The van der Waals surface area contributed by atoms with Crippen molar-refractivity contribution in [1.82, 2.24) is 9.97 Å². The molecule has 142 valence electrons. The minimum absolute atomic E-state index is 0.0864. The average Bonchev–Trinajstić information content (AvgIpc) is 3.17. The lowest BCUT2D eigenvalue weighted by atomic mass is 10.2. The molecule has 0 bridgehead atoms. The van der Waals surface area contributed by atoms with E-state index in [-0.39, 0.29) is 11.9 Å². The predicted octanol–water partition coefficient (Wildman–Crippen LogP) is 4.56. The summed E-state index contributed by atoms with van der Waals surface area (Å²) in [4.78, 5) is 24.4. The molecule has 0 spiro atoms. The Labute approximate surface area is 165 Å². The van der Waals surface area contributed by atoms with Gasteiger partial charge in [-0.15, -0.1) is 0 Å². The maximum Gasteiger partial charge on any atom is 0.277 e. The number of rotatable bonds is 5. The predicted molar refractivity (Wildman–Crippen MR) is 113 cm³/mol. The number of para-hydroxylation sites is 1. The molecule has 4 rings (SSSR count). The highest BCUT2D eigenvalue weighted by Crippen LogP contribution is 2.29. The van der Waals surface area contributed by atoms with Gasteiger partial charge in [0.15, 0.2) is 5.82 Å². The largest absolute Gasteiger partial charge is 0.367 e. The van der Waals surface area contributed by atoms with E-state index < -0.39 is 0 Å². The van der Waals surface area contributed by atoms with Gasteiger partial charge in [0, 0.05) is 29.9 Å². The Kier molecular flexibility index (Phi) is 5.06. The Balaban J connectivity index is 1.73. The summed E-state index contributed by atoms with van der Waals surface area (Å²) in [7, 11) is 0. The van der Waals surface area contributed by atoms with Crippen LogP contribution in [0.3, 0.4) is 0 Å². The Morgan fingerprint density at radius 2 is 1.86 bits per heavy atom. The van der Waals surface area contributed by atoms with Gasteiger partial charge in [-0.2, -0.15) is 0 Å². The van der Waals surface area contributed by atoms with Gasteiger partial charge in [-0.1, -0.05) is 55.5 Å². The topological polar surface area (TPSA) is 58.1 Å². The number of benzene rings is 2. The fourth-order valence-corrected chi connectivity index (χ4v) is 3.39. The van der Waals surface area contributed by atoms with Crippen molar-refractivity contribution in [3.05, 3.63) is 71.9 Å². The number of aromatic nitrogens is 2. The molecule has 1 aliphatic rings. The van der Waals surface area contributed by atoms with Gasteiger partial charge in [-0.25, -0.2) is 9.97 Å². The molecule has 5 nitrogen and oxygen atoms in total. The van der Waals surface area contributed by atoms with E-state index in [0.717, 1.165) is 24.1 Å². The maximum absolute atomic E-state index is 13.3. The van der Waals surface area contributed by atoms with E-state index in [1.165, 1.54) is 5.56 Å². The first-order valence-corrected chi connectivity index (χ1v) is 9.76. The molecular weight excluding hydrogens is 348 g/mol. The summed E-state index contributed by atoms with van der Waals surface area (Å²) in [5.41, 5.74) is 3.48. The highest BCUT2D eigenvalue weighted by Gasteiger charge is 2.27. The first kappa shape index (κ1) is 18.2. The number of hydrogen-bond acceptors (Lipinski definition) is 4. The van der Waals surface area contributed by atoms with E-state index in [0.29, 0.717) is 23.9 Å². The molecular formula is C23H24N4O. The van der Waals surface area contributed by atoms with Crippen molar-refractivity contribution < 1.29 is 4.79 Å². The number of carbonyl (C=O) groups is 1. The zero-order valence-corrected chi connectivity index (χ0v) is 16.2. The first-order chi connectivity index (χ1) is 13.7. The quantitative estimate of drug-likeness (QED) is 0.713. The third kappa shape index (κ3) is 3.60. The monoisotopic (exact) mass is 372 g/mol. The second-order valence-corrected chi connectivity index (χ2v) is 7.12. The van der Waals surface area contributed by atoms with Crippen molar-refractivity contribution in [2.75, 3.05) is 16.8 Å². The number of fused-ring (bicyclic) bond motifs is 1. The SMILES string of the molecule is CCC(C)Nc1cc(C(=O)N2CCc3ccccc32)nc(-c2ccccc2)n1. The van der Waals surface area contributed by atoms with Crippen molar-refractivity contribution in [2.45, 2.75) is 32.7 Å². The second-order valence-electron chi connectivity index (χ2n) is 7.12. The zero-order chi connectivity index (χ0) is 19.5. The van der Waals surface area contributed by atoms with E-state index >= 15 is 0 Å². The Bertz CT molecular complexity index is 987. The van der Waals surface area contributed by atoms with Gasteiger partial charge < -0.3 is 10.2 Å². The zero-order valence-electron chi connectivity index (χ0n) is 16.2. The standard InChI is InChI=1S/C23H24N4O/c1-3-16(2)24-21-15-19(25-22(26-21)18-10-5-4-6-11-18)23(28)27-14-13-17-9-7-8-12-20(17)27/h4-12,15-16H,3,13-14H2,1-2H3,(H,24,25,26). The molecule has 28 heavy (non-hydrogen) atoms. The fraction of sp³-hybridized carbons (Fsp3) is 0.261. The van der Waals surface area contributed by atoms with E-state index in [1.807, 2.05) is 53.4 Å². The smallest absolute Gasteiger partial charge is 0.277 e. The molecule has 1 atom stereocenters. The Morgan fingerprint density at radius 1 is 1.11 bits per heavy atom. The van der Waals surface area contributed by atoms with E-state index in [1.54, 1.807) is 6.07 Å². The van der Waals surface area contributed by atoms with Crippen molar-refractivity contribution >= 4 is 17.4 Å². The van der Waals surface area contributed by atoms with Crippen LogP contribution in [0.25, 0.3) is 11.4 Å². The van der Waals surface area contributed by atoms with Crippen LogP contribution in [-0.4, -0.2) is 28.5 Å². The molecule has 1 amide bonds. The first-order valence-electron chi connectivity index (χ1n) is 9.76. The number of amides is 1. The van der Waals surface area contributed by atoms with Crippen molar-refractivity contribution in [1.29, 1.82) is 0 Å². The van der Waals surface area contributed by atoms with Crippen LogP contribution in [0.5, 0.6) is 0 Å². The maximum atomic E-state index is 13.3. The molecule has 0 radical (unpaired) electrons. The molecule has 0 saturated heterocycles. The molecule has 2 heterocycles. The van der Waals surface area contributed by atoms with Crippen LogP contribution >= 0.6 is 0 Å². The number of nitrogens with one attached hydrogen (secondary N) is 1. The van der Waals surface area contributed by atoms with Crippen molar-refractivity contribution in [3.8, 4) is 11.4 Å². The Morgan fingerprint density at radius 3 is 2.64 bits per heavy atom. The normalized spacial score (nSPS) is 13.9. The van der Waals surface area contributed by atoms with Gasteiger partial charge in [0.1, 0.15) is 11.5 Å². The summed E-state index contributed by atoms with van der Waals surface area (Å²) in [5, 5.41) is 3.38. The molecule has 0 fully saturated rings. The van der Waals surface area contributed by atoms with Crippen LogP contribution in [0.4, 0.5) is 11.5 Å².